The van der Waals surface area contributed by atoms with E-state index in [-0.39, 0.29) is 11.9 Å². The number of piperidine rings is 1. The van der Waals surface area contributed by atoms with Gasteiger partial charge in [-0.15, -0.1) is 0 Å². The molecule has 5 rings (SSSR count). The Morgan fingerprint density at radius 2 is 1.72 bits per heavy atom. The molecular formula is C32H38N4O2S. The minimum atomic E-state index is 0.00619. The molecule has 0 radical (unpaired) electrons. The Labute approximate surface area is 237 Å². The van der Waals surface area contributed by atoms with Crippen LogP contribution < -0.4 is 5.32 Å². The van der Waals surface area contributed by atoms with E-state index in [0.29, 0.717) is 30.4 Å². The molecule has 2 atom stereocenters. The van der Waals surface area contributed by atoms with E-state index < -0.39 is 0 Å². The molecule has 0 aliphatic carbocycles. The van der Waals surface area contributed by atoms with Gasteiger partial charge in [-0.1, -0.05) is 42.5 Å². The van der Waals surface area contributed by atoms with Crippen molar-refractivity contribution in [2.75, 3.05) is 26.2 Å². The Morgan fingerprint density at radius 3 is 2.38 bits per heavy atom. The quantitative estimate of drug-likeness (QED) is 0.369. The molecule has 2 aliphatic heterocycles. The first-order valence-corrected chi connectivity index (χ1v) is 14.4. The number of aromatic nitrogens is 1. The number of likely N-dealkylation sites (tertiary alicyclic amines) is 1. The number of amides is 1. The highest BCUT2D eigenvalue weighted by molar-refractivity contribution is 7.80. The van der Waals surface area contributed by atoms with Gasteiger partial charge in [-0.05, 0) is 92.2 Å². The van der Waals surface area contributed by atoms with E-state index >= 15 is 0 Å². The molecule has 2 fully saturated rings. The Hall–Kier alpha value is -3.29. The van der Waals surface area contributed by atoms with Crippen LogP contribution in [0.2, 0.25) is 0 Å². The largest absolute Gasteiger partial charge is 0.468 e. The number of aryl methyl sites for hydroxylation is 2. The second-order valence-corrected chi connectivity index (χ2v) is 11.1. The zero-order valence-corrected chi connectivity index (χ0v) is 23.9. The molecule has 3 heterocycles. The molecule has 2 aromatic carbocycles. The minimum Gasteiger partial charge on any atom is -0.468 e. The first-order chi connectivity index (χ1) is 18.9. The number of pyridine rings is 1. The fraction of sp³-hybridized carbons (Fsp3) is 0.406. The third-order valence-electron chi connectivity index (χ3n) is 8.23. The Kier molecular flexibility index (Phi) is 8.58. The van der Waals surface area contributed by atoms with Gasteiger partial charge >= 0.3 is 0 Å². The second kappa shape index (κ2) is 12.3. The lowest BCUT2D eigenvalue weighted by molar-refractivity contribution is 0.0931. The maximum atomic E-state index is 13.1. The number of benzene rings is 2. The summed E-state index contributed by atoms with van der Waals surface area (Å²) in [7, 11) is 0. The van der Waals surface area contributed by atoms with Crippen LogP contribution in [0, 0.1) is 13.8 Å². The van der Waals surface area contributed by atoms with Crippen LogP contribution in [0.5, 0.6) is 0 Å². The summed E-state index contributed by atoms with van der Waals surface area (Å²) in [5.41, 5.74) is 6.24. The van der Waals surface area contributed by atoms with Gasteiger partial charge in [0.05, 0.1) is 6.04 Å². The van der Waals surface area contributed by atoms with Gasteiger partial charge in [0.15, 0.2) is 0 Å². The van der Waals surface area contributed by atoms with Crippen molar-refractivity contribution in [3.05, 3.63) is 89.2 Å². The van der Waals surface area contributed by atoms with Crippen LogP contribution >= 0.6 is 12.2 Å². The molecule has 7 heteroatoms. The molecule has 6 nitrogen and oxygen atoms in total. The number of rotatable bonds is 8. The zero-order chi connectivity index (χ0) is 27.4. The molecule has 1 amide bonds. The van der Waals surface area contributed by atoms with Crippen molar-refractivity contribution in [1.29, 1.82) is 0 Å². The fourth-order valence-corrected chi connectivity index (χ4v) is 6.42. The topological polar surface area (TPSA) is 57.7 Å². The number of hydrogen-bond donors (Lipinski definition) is 1. The first kappa shape index (κ1) is 27.3. The number of carbonyl (C=O) groups excluding carboxylic acids is 1. The Morgan fingerprint density at radius 1 is 1.05 bits per heavy atom. The average Bonchev–Trinajstić information content (AvgIpc) is 3.34. The van der Waals surface area contributed by atoms with Crippen LogP contribution in [0.25, 0.3) is 11.1 Å². The van der Waals surface area contributed by atoms with E-state index in [0.717, 1.165) is 60.2 Å². The SMILES string of the molecule is Cc1cc(-c2ccncc2)cc(C)c1C(=O)NCCC(C)N1CCC(N2C(=S)OCC2c2ccccc2)CC1. The third-order valence-corrected chi connectivity index (χ3v) is 8.56. The number of carbonyl (C=O) groups is 1. The molecular weight excluding hydrogens is 504 g/mol. The highest BCUT2D eigenvalue weighted by Crippen LogP contribution is 2.33. The molecule has 204 valence electrons. The summed E-state index contributed by atoms with van der Waals surface area (Å²) in [6.45, 7) is 9.63. The van der Waals surface area contributed by atoms with Gasteiger partial charge in [0.2, 0.25) is 0 Å². The number of thiocarbonyl (C=S) groups is 1. The maximum Gasteiger partial charge on any atom is 0.260 e. The van der Waals surface area contributed by atoms with Gasteiger partial charge in [0.1, 0.15) is 6.61 Å². The number of nitrogens with one attached hydrogen (secondary N) is 1. The van der Waals surface area contributed by atoms with Crippen molar-refractivity contribution in [2.24, 2.45) is 0 Å². The number of ether oxygens (including phenoxy) is 1. The second-order valence-electron chi connectivity index (χ2n) is 10.8. The summed E-state index contributed by atoms with van der Waals surface area (Å²) in [5.74, 6) is 0.00619. The van der Waals surface area contributed by atoms with E-state index in [1.54, 1.807) is 12.4 Å². The molecule has 2 unspecified atom stereocenters. The first-order valence-electron chi connectivity index (χ1n) is 14.0. The molecule has 1 aromatic heterocycles. The van der Waals surface area contributed by atoms with Crippen LogP contribution in [-0.4, -0.2) is 64.2 Å². The van der Waals surface area contributed by atoms with Crippen LogP contribution in [0.1, 0.15) is 59.3 Å². The third kappa shape index (κ3) is 6.15. The van der Waals surface area contributed by atoms with Gasteiger partial charge < -0.3 is 19.9 Å². The predicted molar refractivity (Wildman–Crippen MR) is 160 cm³/mol. The smallest absolute Gasteiger partial charge is 0.260 e. The van der Waals surface area contributed by atoms with Crippen LogP contribution in [0.3, 0.4) is 0 Å². The standard InChI is InChI=1S/C32H38N4O2S/c1-22-19-27(25-10-14-33-15-11-25)20-23(2)30(22)31(37)34-16-9-24(3)35-17-12-28(13-18-35)36-29(21-38-32(36)39)26-7-5-4-6-8-26/h4-8,10-11,14-15,19-20,24,28-29H,9,12-13,16-18,21H2,1-3H3,(H,34,37). The molecule has 1 N–H and O–H groups in total. The van der Waals surface area contributed by atoms with Crippen molar-refractivity contribution in [2.45, 2.75) is 58.2 Å². The summed E-state index contributed by atoms with van der Waals surface area (Å²) >= 11 is 5.60. The number of nitrogens with zero attached hydrogens (tertiary/aromatic N) is 3. The van der Waals surface area contributed by atoms with E-state index in [1.165, 1.54) is 5.56 Å². The lowest BCUT2D eigenvalue weighted by atomic mass is 9.95. The van der Waals surface area contributed by atoms with Crippen LogP contribution in [0.4, 0.5) is 0 Å². The van der Waals surface area contributed by atoms with Crippen LogP contribution in [-0.2, 0) is 4.74 Å². The summed E-state index contributed by atoms with van der Waals surface area (Å²) in [4.78, 5) is 22.1. The normalized spacial score (nSPS) is 19.1. The van der Waals surface area contributed by atoms with Gasteiger partial charge in [0, 0.05) is 49.7 Å². The van der Waals surface area contributed by atoms with E-state index in [9.17, 15) is 4.79 Å². The Bertz CT molecular complexity index is 1270. The lowest BCUT2D eigenvalue weighted by Gasteiger charge is -2.41. The van der Waals surface area contributed by atoms with Crippen molar-refractivity contribution in [1.82, 2.24) is 20.1 Å². The summed E-state index contributed by atoms with van der Waals surface area (Å²) in [5, 5.41) is 3.81. The highest BCUT2D eigenvalue weighted by Gasteiger charge is 2.38. The van der Waals surface area contributed by atoms with Gasteiger partial charge in [0.25, 0.3) is 11.1 Å². The lowest BCUT2D eigenvalue weighted by Crippen LogP contribution is -2.48. The molecule has 0 spiro atoms. The molecule has 0 saturated carbocycles. The van der Waals surface area contributed by atoms with Gasteiger partial charge in [-0.2, -0.15) is 0 Å². The van der Waals surface area contributed by atoms with Crippen molar-refractivity contribution in [3.63, 3.8) is 0 Å². The molecule has 39 heavy (non-hydrogen) atoms. The van der Waals surface area contributed by atoms with E-state index in [1.807, 2.05) is 32.0 Å². The summed E-state index contributed by atoms with van der Waals surface area (Å²) in [6, 6.07) is 19.7. The van der Waals surface area contributed by atoms with Gasteiger partial charge in [-0.25, -0.2) is 0 Å². The van der Waals surface area contributed by atoms with Gasteiger partial charge in [-0.3, -0.25) is 9.78 Å². The van der Waals surface area contributed by atoms with E-state index in [2.05, 4.69) is 63.4 Å². The summed E-state index contributed by atoms with van der Waals surface area (Å²) in [6.07, 6.45) is 6.63. The monoisotopic (exact) mass is 542 g/mol. The molecule has 2 saturated heterocycles. The molecule has 3 aromatic rings. The fourth-order valence-electron chi connectivity index (χ4n) is 6.07. The van der Waals surface area contributed by atoms with E-state index in [4.69, 9.17) is 17.0 Å². The average molecular weight is 543 g/mol. The summed E-state index contributed by atoms with van der Waals surface area (Å²) < 4.78 is 5.82. The van der Waals surface area contributed by atoms with Crippen molar-refractivity contribution < 1.29 is 9.53 Å². The Balaban J connectivity index is 1.11. The zero-order valence-electron chi connectivity index (χ0n) is 23.1. The number of hydrogen-bond acceptors (Lipinski definition) is 5. The predicted octanol–water partition coefficient (Wildman–Crippen LogP) is 5.70. The van der Waals surface area contributed by atoms with Crippen LogP contribution in [0.15, 0.2) is 67.0 Å². The minimum absolute atomic E-state index is 0.00619. The highest BCUT2D eigenvalue weighted by atomic mass is 32.1. The molecule has 0 bridgehead atoms. The van der Waals surface area contributed by atoms with Crippen molar-refractivity contribution in [3.8, 4) is 11.1 Å². The maximum absolute atomic E-state index is 13.1. The van der Waals surface area contributed by atoms with Crippen molar-refractivity contribution >= 4 is 23.3 Å². The molecule has 2 aliphatic rings.